The molecule has 0 saturated carbocycles. The van der Waals surface area contributed by atoms with Crippen LogP contribution in [0, 0.1) is 17.0 Å². The van der Waals surface area contributed by atoms with E-state index < -0.39 is 4.92 Å². The van der Waals surface area contributed by atoms with Crippen LogP contribution in [0.3, 0.4) is 0 Å². The van der Waals surface area contributed by atoms with Gasteiger partial charge in [-0.05, 0) is 31.5 Å². The lowest BCUT2D eigenvalue weighted by atomic mass is 10.1. The molecule has 0 atom stereocenters. The van der Waals surface area contributed by atoms with E-state index in [1.807, 2.05) is 0 Å². The van der Waals surface area contributed by atoms with E-state index in [0.717, 1.165) is 5.56 Å². The van der Waals surface area contributed by atoms with Gasteiger partial charge in [-0.1, -0.05) is 18.2 Å². The topological polar surface area (TPSA) is 101 Å². The second-order valence-electron chi connectivity index (χ2n) is 5.30. The molecule has 0 fully saturated rings. The minimum atomic E-state index is -0.488. The molecule has 0 bridgehead atoms. The highest BCUT2D eigenvalue weighted by Crippen LogP contribution is 2.21. The third-order valence-electron chi connectivity index (χ3n) is 3.42. The SMILES string of the molecule is CC(=O)c1cccc(NC(=O)CNc2cc([N+](=O)[O-])ccc2C)c1. The average molecular weight is 327 g/mol. The second-order valence-corrected chi connectivity index (χ2v) is 5.30. The van der Waals surface area contributed by atoms with Gasteiger partial charge in [-0.3, -0.25) is 19.7 Å². The summed E-state index contributed by atoms with van der Waals surface area (Å²) in [6.45, 7) is 3.19. The fraction of sp³-hybridized carbons (Fsp3) is 0.176. The zero-order valence-electron chi connectivity index (χ0n) is 13.3. The van der Waals surface area contributed by atoms with E-state index in [2.05, 4.69) is 10.6 Å². The summed E-state index contributed by atoms with van der Waals surface area (Å²) in [4.78, 5) is 33.7. The zero-order chi connectivity index (χ0) is 17.7. The fourth-order valence-electron chi connectivity index (χ4n) is 2.11. The number of hydrogen-bond donors (Lipinski definition) is 2. The number of carbonyl (C=O) groups is 2. The Morgan fingerprint density at radius 3 is 2.58 bits per heavy atom. The van der Waals surface area contributed by atoms with Crippen LogP contribution in [0.2, 0.25) is 0 Å². The summed E-state index contributed by atoms with van der Waals surface area (Å²) in [6, 6.07) is 11.1. The van der Waals surface area contributed by atoms with Gasteiger partial charge < -0.3 is 10.6 Å². The molecule has 1 amide bonds. The Labute approximate surface area is 138 Å². The van der Waals surface area contributed by atoms with Crippen LogP contribution in [0.25, 0.3) is 0 Å². The summed E-state index contributed by atoms with van der Waals surface area (Å²) in [5.74, 6) is -0.405. The van der Waals surface area contributed by atoms with Crippen molar-refractivity contribution >= 4 is 28.8 Å². The van der Waals surface area contributed by atoms with Crippen molar-refractivity contribution in [1.29, 1.82) is 0 Å². The van der Waals surface area contributed by atoms with Crippen molar-refractivity contribution in [3.05, 3.63) is 63.7 Å². The molecule has 0 aliphatic carbocycles. The van der Waals surface area contributed by atoms with Gasteiger partial charge >= 0.3 is 0 Å². The molecule has 2 aromatic carbocycles. The molecule has 2 N–H and O–H groups in total. The maximum absolute atomic E-state index is 12.0. The van der Waals surface area contributed by atoms with Gasteiger partial charge in [0.1, 0.15) is 0 Å². The predicted octanol–water partition coefficient (Wildman–Crippen LogP) is 3.16. The number of hydrogen-bond acceptors (Lipinski definition) is 5. The highest BCUT2D eigenvalue weighted by Gasteiger charge is 2.10. The fourth-order valence-corrected chi connectivity index (χ4v) is 2.11. The molecule has 2 rings (SSSR count). The smallest absolute Gasteiger partial charge is 0.271 e. The van der Waals surface area contributed by atoms with Crippen molar-refractivity contribution in [2.75, 3.05) is 17.2 Å². The van der Waals surface area contributed by atoms with Crippen molar-refractivity contribution < 1.29 is 14.5 Å². The highest BCUT2D eigenvalue weighted by molar-refractivity contribution is 5.98. The number of benzene rings is 2. The van der Waals surface area contributed by atoms with Crippen LogP contribution < -0.4 is 10.6 Å². The normalized spacial score (nSPS) is 10.1. The molecule has 0 aliphatic rings. The van der Waals surface area contributed by atoms with Crippen LogP contribution >= 0.6 is 0 Å². The third kappa shape index (κ3) is 4.39. The van der Waals surface area contributed by atoms with Crippen LogP contribution in [0.5, 0.6) is 0 Å². The second kappa shape index (κ2) is 7.36. The van der Waals surface area contributed by atoms with Crippen LogP contribution in [-0.4, -0.2) is 23.2 Å². The van der Waals surface area contributed by atoms with E-state index in [4.69, 9.17) is 0 Å². The van der Waals surface area contributed by atoms with Gasteiger partial charge in [0, 0.05) is 29.1 Å². The first-order valence-corrected chi connectivity index (χ1v) is 7.26. The number of non-ortho nitro benzene ring substituents is 1. The number of nitro benzene ring substituents is 1. The van der Waals surface area contributed by atoms with Gasteiger partial charge in [0.05, 0.1) is 11.5 Å². The molecule has 0 saturated heterocycles. The molecular weight excluding hydrogens is 310 g/mol. The molecule has 0 spiro atoms. The third-order valence-corrected chi connectivity index (χ3v) is 3.42. The van der Waals surface area contributed by atoms with Crippen molar-refractivity contribution in [3.63, 3.8) is 0 Å². The Hall–Kier alpha value is -3.22. The van der Waals surface area contributed by atoms with Gasteiger partial charge in [-0.25, -0.2) is 0 Å². The van der Waals surface area contributed by atoms with E-state index in [0.29, 0.717) is 16.9 Å². The molecule has 0 radical (unpaired) electrons. The standard InChI is InChI=1S/C17H17N3O4/c1-11-6-7-15(20(23)24)9-16(11)18-10-17(22)19-14-5-3-4-13(8-14)12(2)21/h3-9,18H,10H2,1-2H3,(H,19,22). The maximum atomic E-state index is 12.0. The largest absolute Gasteiger partial charge is 0.376 e. The zero-order valence-corrected chi connectivity index (χ0v) is 13.3. The number of rotatable bonds is 6. The van der Waals surface area contributed by atoms with Crippen molar-refractivity contribution in [3.8, 4) is 0 Å². The molecule has 24 heavy (non-hydrogen) atoms. The van der Waals surface area contributed by atoms with Crippen molar-refractivity contribution in [2.24, 2.45) is 0 Å². The van der Waals surface area contributed by atoms with E-state index in [-0.39, 0.29) is 23.9 Å². The lowest BCUT2D eigenvalue weighted by Crippen LogP contribution is -2.22. The maximum Gasteiger partial charge on any atom is 0.271 e. The van der Waals surface area contributed by atoms with Gasteiger partial charge in [-0.15, -0.1) is 0 Å². The Balaban J connectivity index is 2.01. The number of amides is 1. The number of Topliss-reactive ketones (excluding diaryl/α,β-unsaturated/α-hetero) is 1. The van der Waals surface area contributed by atoms with Gasteiger partial charge in [0.2, 0.25) is 5.91 Å². The van der Waals surface area contributed by atoms with Gasteiger partial charge in [-0.2, -0.15) is 0 Å². The Bertz CT molecular complexity index is 802. The summed E-state index contributed by atoms with van der Waals surface area (Å²) < 4.78 is 0. The highest BCUT2D eigenvalue weighted by atomic mass is 16.6. The van der Waals surface area contributed by atoms with Crippen LogP contribution in [-0.2, 0) is 4.79 Å². The van der Waals surface area contributed by atoms with Crippen LogP contribution in [0.4, 0.5) is 17.1 Å². The Morgan fingerprint density at radius 2 is 1.92 bits per heavy atom. The lowest BCUT2D eigenvalue weighted by Gasteiger charge is -2.10. The Kier molecular flexibility index (Phi) is 5.26. The number of ketones is 1. The molecule has 124 valence electrons. The van der Waals surface area contributed by atoms with Gasteiger partial charge in [0.25, 0.3) is 5.69 Å². The van der Waals surface area contributed by atoms with E-state index >= 15 is 0 Å². The van der Waals surface area contributed by atoms with E-state index in [1.165, 1.54) is 19.1 Å². The number of nitrogens with one attached hydrogen (secondary N) is 2. The van der Waals surface area contributed by atoms with Crippen LogP contribution in [0.1, 0.15) is 22.8 Å². The molecule has 0 aromatic heterocycles. The summed E-state index contributed by atoms with van der Waals surface area (Å²) in [5, 5.41) is 16.4. The minimum Gasteiger partial charge on any atom is -0.376 e. The number of carbonyl (C=O) groups excluding carboxylic acids is 2. The first-order valence-electron chi connectivity index (χ1n) is 7.26. The first kappa shape index (κ1) is 17.1. The quantitative estimate of drug-likeness (QED) is 0.482. The number of nitrogens with zero attached hydrogens (tertiary/aromatic N) is 1. The molecule has 7 heteroatoms. The lowest BCUT2D eigenvalue weighted by molar-refractivity contribution is -0.384. The number of aryl methyl sites for hydroxylation is 1. The van der Waals surface area contributed by atoms with E-state index in [9.17, 15) is 19.7 Å². The molecule has 0 heterocycles. The molecule has 2 aromatic rings. The van der Waals surface area contributed by atoms with Crippen molar-refractivity contribution in [1.82, 2.24) is 0 Å². The van der Waals surface area contributed by atoms with Crippen molar-refractivity contribution in [2.45, 2.75) is 13.8 Å². The molecule has 7 nitrogen and oxygen atoms in total. The molecule has 0 aliphatic heterocycles. The summed E-state index contributed by atoms with van der Waals surface area (Å²) >= 11 is 0. The molecule has 0 unspecified atom stereocenters. The minimum absolute atomic E-state index is 0.0438. The summed E-state index contributed by atoms with van der Waals surface area (Å²) in [7, 11) is 0. The number of nitro groups is 1. The van der Waals surface area contributed by atoms with E-state index in [1.54, 1.807) is 37.3 Å². The summed E-state index contributed by atoms with van der Waals surface area (Å²) in [5.41, 5.74) is 2.31. The summed E-state index contributed by atoms with van der Waals surface area (Å²) in [6.07, 6.45) is 0. The number of anilines is 2. The average Bonchev–Trinajstić information content (AvgIpc) is 2.54. The monoisotopic (exact) mass is 327 g/mol. The Morgan fingerprint density at radius 1 is 1.17 bits per heavy atom. The first-order chi connectivity index (χ1) is 11.4. The molecular formula is C17H17N3O4. The van der Waals surface area contributed by atoms with Crippen LogP contribution in [0.15, 0.2) is 42.5 Å². The predicted molar refractivity (Wildman–Crippen MR) is 91.4 cm³/mol. The van der Waals surface area contributed by atoms with Gasteiger partial charge in [0.15, 0.2) is 5.78 Å².